The molecule has 5 aromatic rings. The quantitative estimate of drug-likeness (QED) is 0.150. The van der Waals surface area contributed by atoms with Crippen LogP contribution in [0.4, 0.5) is 65.9 Å². The van der Waals surface area contributed by atoms with Gasteiger partial charge < -0.3 is 12.4 Å². The van der Waals surface area contributed by atoms with Crippen LogP contribution >= 0.6 is 0 Å². The molecule has 0 aliphatic heterocycles. The van der Waals surface area contributed by atoms with Crippen molar-refractivity contribution in [2.75, 3.05) is 0 Å². The first-order valence-electron chi connectivity index (χ1n) is 14.2. The van der Waals surface area contributed by atoms with Gasteiger partial charge in [-0.1, -0.05) is 0 Å². The van der Waals surface area contributed by atoms with Gasteiger partial charge in [0.15, 0.2) is 0 Å². The second-order valence-corrected chi connectivity index (χ2v) is 23.7. The van der Waals surface area contributed by atoms with E-state index in [1.807, 2.05) is 0 Å². The van der Waals surface area contributed by atoms with Gasteiger partial charge in [0, 0.05) is 0 Å². The molecule has 0 atom stereocenters. The predicted octanol–water partition coefficient (Wildman–Crippen LogP) is 6.02. The summed E-state index contributed by atoms with van der Waals surface area (Å²) in [5.74, 6) is 0. The van der Waals surface area contributed by atoms with Gasteiger partial charge in [-0.15, -0.1) is 0 Å². The molecule has 0 saturated heterocycles. The molecular formula is C35H20ClF15Te. The minimum absolute atomic E-state index is 0. The Hall–Kier alpha value is -3.87. The molecule has 5 rings (SSSR count). The van der Waals surface area contributed by atoms with E-state index in [-0.39, 0.29) is 30.5 Å². The largest absolute Gasteiger partial charge is 1.00 e. The van der Waals surface area contributed by atoms with E-state index in [9.17, 15) is 65.9 Å². The van der Waals surface area contributed by atoms with Gasteiger partial charge in [0.05, 0.1) is 0 Å². The summed E-state index contributed by atoms with van der Waals surface area (Å²) < 4.78 is 206. The molecule has 0 spiro atoms. The van der Waals surface area contributed by atoms with Crippen molar-refractivity contribution in [2.45, 2.75) is 30.9 Å². The summed E-state index contributed by atoms with van der Waals surface area (Å²) in [5, 5.41) is 0. The first-order chi connectivity index (χ1) is 23.4. The van der Waals surface area contributed by atoms with Crippen LogP contribution in [0.25, 0.3) is 0 Å². The zero-order chi connectivity index (χ0) is 37.9. The first kappa shape index (κ1) is 40.9. The van der Waals surface area contributed by atoms with Crippen molar-refractivity contribution in [1.82, 2.24) is 0 Å². The molecule has 52 heavy (non-hydrogen) atoms. The van der Waals surface area contributed by atoms with E-state index in [0.717, 1.165) is 60.7 Å². The van der Waals surface area contributed by atoms with Crippen molar-refractivity contribution in [3.8, 4) is 0 Å². The Morgan fingerprint density at radius 1 is 0.231 bits per heavy atom. The van der Waals surface area contributed by atoms with Crippen LogP contribution in [0.15, 0.2) is 121 Å². The van der Waals surface area contributed by atoms with Gasteiger partial charge in [-0.2, -0.15) is 0 Å². The van der Waals surface area contributed by atoms with Gasteiger partial charge in [-0.05, 0) is 0 Å². The average Bonchev–Trinajstić information content (AvgIpc) is 3.05. The fraction of sp³-hybridized carbons (Fsp3) is 0.143. The van der Waals surface area contributed by atoms with Crippen LogP contribution < -0.4 is 30.5 Å². The molecule has 0 heterocycles. The van der Waals surface area contributed by atoms with Crippen molar-refractivity contribution in [3.63, 3.8) is 0 Å². The SMILES string of the molecule is FC(F)(F)c1ccc([Te+](c2ccc(C(F)(F)F)cc2)(c2ccc(C(F)(F)F)cc2)(c2ccc(C(F)(F)F)cc2)c2ccc(C(F)(F)F)cc2)cc1.[Cl-]. The molecular weight excluding hydrogens is 868 g/mol. The molecule has 0 radical (unpaired) electrons. The van der Waals surface area contributed by atoms with E-state index >= 15 is 0 Å². The maximum atomic E-state index is 13.8. The van der Waals surface area contributed by atoms with E-state index in [0.29, 0.717) is 60.7 Å². The average molecular weight is 889 g/mol. The molecule has 0 bridgehead atoms. The number of halogens is 16. The van der Waals surface area contributed by atoms with Crippen LogP contribution in [-0.4, -0.2) is 16.8 Å². The van der Waals surface area contributed by atoms with Crippen molar-refractivity contribution in [3.05, 3.63) is 149 Å². The van der Waals surface area contributed by atoms with Gasteiger partial charge in [-0.3, -0.25) is 0 Å². The molecule has 5 aromatic carbocycles. The topological polar surface area (TPSA) is 0 Å². The summed E-state index contributed by atoms with van der Waals surface area (Å²) in [6.07, 6.45) is -24.8. The van der Waals surface area contributed by atoms with Gasteiger partial charge in [0.2, 0.25) is 0 Å². The van der Waals surface area contributed by atoms with E-state index in [2.05, 4.69) is 0 Å². The predicted molar refractivity (Wildman–Crippen MR) is 161 cm³/mol. The standard InChI is InChI=1S/C35H20F15Te.ClH/c36-31(37,38)21-1-11-26(12-2-21)51(27-13-3-22(4-14-27)32(39,40)41,28-15-5-23(6-16-28)33(42,43)44,29-17-7-24(8-18-29)34(45,46)47)30-19-9-25(10-20-30)35(48,49)50;/h1-20H;1H/q+1;/p-1. The third-order valence-electron chi connectivity index (χ3n) is 8.27. The maximum Gasteiger partial charge on any atom is -1.00 e. The van der Waals surface area contributed by atoms with Crippen molar-refractivity contribution < 1.29 is 78.3 Å². The normalized spacial score (nSPS) is 13.9. The third kappa shape index (κ3) is 6.97. The van der Waals surface area contributed by atoms with Crippen LogP contribution in [-0.2, 0) is 30.9 Å². The monoisotopic (exact) mass is 890 g/mol. The number of rotatable bonds is 5. The molecule has 0 amide bonds. The number of alkyl halides is 15. The van der Waals surface area contributed by atoms with Crippen LogP contribution in [0.3, 0.4) is 0 Å². The van der Waals surface area contributed by atoms with Gasteiger partial charge in [0.25, 0.3) is 0 Å². The summed E-state index contributed by atoms with van der Waals surface area (Å²) >= 11 is -6.70. The number of benzene rings is 5. The summed E-state index contributed by atoms with van der Waals surface area (Å²) in [4.78, 5) is 0. The fourth-order valence-electron chi connectivity index (χ4n) is 5.94. The van der Waals surface area contributed by atoms with Crippen LogP contribution in [0, 0.1) is 0 Å². The summed E-state index contributed by atoms with van der Waals surface area (Å²) in [7, 11) is 0. The van der Waals surface area contributed by atoms with Gasteiger partial charge in [0.1, 0.15) is 0 Å². The first-order valence-corrected chi connectivity index (χ1v) is 20.0. The van der Waals surface area contributed by atoms with Crippen molar-refractivity contribution in [1.29, 1.82) is 0 Å². The van der Waals surface area contributed by atoms with Crippen LogP contribution in [0.2, 0.25) is 0 Å². The summed E-state index contributed by atoms with van der Waals surface area (Å²) in [5.41, 5.74) is -6.19. The molecule has 0 aliphatic rings. The van der Waals surface area contributed by atoms with E-state index < -0.39 is 75.5 Å². The van der Waals surface area contributed by atoms with E-state index in [1.54, 1.807) is 0 Å². The molecule has 0 aromatic heterocycles. The minimum atomic E-state index is -6.70. The van der Waals surface area contributed by atoms with Crippen LogP contribution in [0.5, 0.6) is 0 Å². The van der Waals surface area contributed by atoms with Crippen LogP contribution in [0.1, 0.15) is 27.8 Å². The second-order valence-electron chi connectivity index (χ2n) is 11.1. The molecule has 17 heteroatoms. The maximum absolute atomic E-state index is 13.8. The summed E-state index contributed by atoms with van der Waals surface area (Å²) in [6, 6.07) is 14.6. The molecule has 278 valence electrons. The fourth-order valence-corrected chi connectivity index (χ4v) is 23.4. The molecule has 0 unspecified atom stereocenters. The Morgan fingerprint density at radius 3 is 0.442 bits per heavy atom. The summed E-state index contributed by atoms with van der Waals surface area (Å²) in [6.45, 7) is 0. The minimum Gasteiger partial charge on any atom is -1.00 e. The molecule has 0 N–H and O–H groups in total. The smallest absolute Gasteiger partial charge is 1.00 e. The Labute approximate surface area is 292 Å². The van der Waals surface area contributed by atoms with E-state index in [1.165, 1.54) is 0 Å². The Morgan fingerprint density at radius 2 is 0.346 bits per heavy atom. The Kier molecular flexibility index (Phi) is 10.6. The molecule has 0 fully saturated rings. The second kappa shape index (κ2) is 13.5. The zero-order valence-corrected chi connectivity index (χ0v) is 28.6. The Bertz CT molecular complexity index is 1640. The van der Waals surface area contributed by atoms with Crippen molar-refractivity contribution in [2.24, 2.45) is 0 Å². The number of hydrogen-bond acceptors (Lipinski definition) is 0. The third-order valence-corrected chi connectivity index (χ3v) is 25.6. The molecule has 0 nitrogen and oxygen atoms in total. The molecule has 0 aliphatic carbocycles. The Balaban J connectivity index is 0.00000605. The van der Waals surface area contributed by atoms with Crippen molar-refractivity contribution >= 4 is 34.9 Å². The van der Waals surface area contributed by atoms with E-state index in [4.69, 9.17) is 0 Å². The number of hydrogen-bond donors (Lipinski definition) is 0. The van der Waals surface area contributed by atoms with Gasteiger partial charge >= 0.3 is 281 Å². The molecule has 0 saturated carbocycles. The van der Waals surface area contributed by atoms with Gasteiger partial charge in [-0.25, -0.2) is 0 Å². The zero-order valence-electron chi connectivity index (χ0n) is 25.5.